The summed E-state index contributed by atoms with van der Waals surface area (Å²) < 4.78 is 38.6. The van der Waals surface area contributed by atoms with Gasteiger partial charge in [0.2, 0.25) is 5.13 Å². The zero-order valence-corrected chi connectivity index (χ0v) is 10.3. The van der Waals surface area contributed by atoms with E-state index in [0.29, 0.717) is 4.88 Å². The first-order chi connectivity index (χ1) is 8.88. The number of halogens is 3. The van der Waals surface area contributed by atoms with Crippen molar-refractivity contribution in [2.45, 2.75) is 6.18 Å². The van der Waals surface area contributed by atoms with Crippen LogP contribution in [0, 0.1) is 0 Å². The molecule has 0 aliphatic rings. The van der Waals surface area contributed by atoms with Gasteiger partial charge in [0.15, 0.2) is 5.96 Å². The molecule has 0 unspecified atom stereocenters. The smallest absolute Gasteiger partial charge is 0.370 e. The molecule has 0 radical (unpaired) electrons. The van der Waals surface area contributed by atoms with Crippen LogP contribution in [0.1, 0.15) is 5.56 Å². The number of hydrogen-bond acceptors (Lipinski definition) is 3. The Morgan fingerprint density at radius 3 is 2.53 bits per heavy atom. The van der Waals surface area contributed by atoms with Crippen LogP contribution in [0.4, 0.5) is 18.3 Å². The van der Waals surface area contributed by atoms with Crippen LogP contribution in [-0.2, 0) is 6.18 Å². The normalized spacial score (nSPS) is 11.3. The summed E-state index contributed by atoms with van der Waals surface area (Å²) in [7, 11) is 0. The fourth-order valence-electron chi connectivity index (χ4n) is 1.50. The number of nitrogens with zero attached hydrogens (tertiary/aromatic N) is 2. The van der Waals surface area contributed by atoms with Crippen molar-refractivity contribution in [3.63, 3.8) is 0 Å². The van der Waals surface area contributed by atoms with Crippen LogP contribution in [-0.4, -0.2) is 10.9 Å². The highest BCUT2D eigenvalue weighted by Gasteiger charge is 2.33. The van der Waals surface area contributed by atoms with Gasteiger partial charge in [0.05, 0.1) is 10.4 Å². The van der Waals surface area contributed by atoms with Crippen LogP contribution in [0.2, 0.25) is 0 Å². The van der Waals surface area contributed by atoms with Crippen LogP contribution in [0.25, 0.3) is 10.4 Å². The number of alkyl halides is 3. The minimum atomic E-state index is -4.42. The molecule has 0 atom stereocenters. The van der Waals surface area contributed by atoms with Crippen molar-refractivity contribution < 1.29 is 13.2 Å². The van der Waals surface area contributed by atoms with Crippen molar-refractivity contribution in [1.82, 2.24) is 4.98 Å². The van der Waals surface area contributed by atoms with Gasteiger partial charge in [-0.3, -0.25) is 0 Å². The summed E-state index contributed by atoms with van der Waals surface area (Å²) in [5, 5.41) is 0.215. The van der Waals surface area contributed by atoms with Crippen LogP contribution in [0.3, 0.4) is 0 Å². The monoisotopic (exact) mass is 286 g/mol. The van der Waals surface area contributed by atoms with E-state index in [1.165, 1.54) is 24.4 Å². The average Bonchev–Trinajstić information content (AvgIpc) is 2.75. The Morgan fingerprint density at radius 2 is 1.89 bits per heavy atom. The second-order valence-corrected chi connectivity index (χ2v) is 4.60. The summed E-state index contributed by atoms with van der Waals surface area (Å²) in [4.78, 5) is 7.91. The average molecular weight is 286 g/mol. The van der Waals surface area contributed by atoms with E-state index in [1.807, 2.05) is 0 Å². The molecule has 19 heavy (non-hydrogen) atoms. The van der Waals surface area contributed by atoms with E-state index in [-0.39, 0.29) is 16.7 Å². The van der Waals surface area contributed by atoms with Crippen LogP contribution < -0.4 is 11.5 Å². The molecule has 8 heteroatoms. The van der Waals surface area contributed by atoms with E-state index in [1.54, 1.807) is 0 Å². The Kier molecular flexibility index (Phi) is 3.43. The first-order valence-electron chi connectivity index (χ1n) is 5.10. The lowest BCUT2D eigenvalue weighted by Crippen LogP contribution is -2.21. The lowest BCUT2D eigenvalue weighted by Gasteiger charge is -2.10. The number of aliphatic imine (C=N–C) groups is 1. The maximum atomic E-state index is 12.9. The molecule has 0 saturated heterocycles. The van der Waals surface area contributed by atoms with Gasteiger partial charge in [-0.15, -0.1) is 0 Å². The van der Waals surface area contributed by atoms with Crippen LogP contribution >= 0.6 is 11.3 Å². The Balaban J connectivity index is 2.48. The number of thiazole rings is 1. The Morgan fingerprint density at radius 1 is 1.21 bits per heavy atom. The Hall–Kier alpha value is -2.09. The molecule has 0 bridgehead atoms. The number of guanidine groups is 1. The van der Waals surface area contributed by atoms with Crippen molar-refractivity contribution in [1.29, 1.82) is 0 Å². The van der Waals surface area contributed by atoms with Crippen molar-refractivity contribution in [3.05, 3.63) is 36.0 Å². The first-order valence-corrected chi connectivity index (χ1v) is 5.91. The molecular weight excluding hydrogens is 277 g/mol. The number of aromatic nitrogens is 1. The van der Waals surface area contributed by atoms with Gasteiger partial charge in [-0.25, -0.2) is 4.98 Å². The van der Waals surface area contributed by atoms with Crippen molar-refractivity contribution in [2.24, 2.45) is 16.5 Å². The first kappa shape index (κ1) is 13.3. The molecule has 100 valence electrons. The molecule has 0 spiro atoms. The van der Waals surface area contributed by atoms with Crippen molar-refractivity contribution in [2.75, 3.05) is 0 Å². The highest BCUT2D eigenvalue weighted by molar-refractivity contribution is 7.18. The molecule has 1 aromatic carbocycles. The predicted molar refractivity (Wildman–Crippen MR) is 68.0 cm³/mol. The fourth-order valence-corrected chi connectivity index (χ4v) is 2.34. The quantitative estimate of drug-likeness (QED) is 0.658. The highest BCUT2D eigenvalue weighted by atomic mass is 32.1. The lowest BCUT2D eigenvalue weighted by atomic mass is 10.1. The molecule has 0 amide bonds. The highest BCUT2D eigenvalue weighted by Crippen LogP contribution is 2.39. The largest absolute Gasteiger partial charge is 0.417 e. The van der Waals surface area contributed by atoms with Crippen LogP contribution in [0.5, 0.6) is 0 Å². The maximum Gasteiger partial charge on any atom is 0.417 e. The minimum absolute atomic E-state index is 0.0598. The van der Waals surface area contributed by atoms with E-state index >= 15 is 0 Å². The van der Waals surface area contributed by atoms with Gasteiger partial charge in [0.1, 0.15) is 0 Å². The summed E-state index contributed by atoms with van der Waals surface area (Å²) in [6, 6.07) is 5.28. The Bertz CT molecular complexity index is 614. The molecular formula is C11H9F3N4S. The number of hydrogen-bond donors (Lipinski definition) is 2. The third-order valence-electron chi connectivity index (χ3n) is 2.22. The maximum absolute atomic E-state index is 12.9. The third-order valence-corrected chi connectivity index (χ3v) is 3.14. The number of rotatable bonds is 2. The van der Waals surface area contributed by atoms with Gasteiger partial charge in [-0.1, -0.05) is 29.5 Å². The van der Waals surface area contributed by atoms with E-state index in [0.717, 1.165) is 17.4 Å². The summed E-state index contributed by atoms with van der Waals surface area (Å²) >= 11 is 0.986. The molecule has 1 aromatic heterocycles. The SMILES string of the molecule is NC(N)=Nc1ncc(-c2ccccc2C(F)(F)F)s1. The topological polar surface area (TPSA) is 77.3 Å². The Labute approximate surface area is 110 Å². The van der Waals surface area contributed by atoms with Crippen molar-refractivity contribution in [3.8, 4) is 10.4 Å². The fraction of sp³-hybridized carbons (Fsp3) is 0.0909. The molecule has 2 rings (SSSR count). The van der Waals surface area contributed by atoms with Gasteiger partial charge in [-0.2, -0.15) is 18.2 Å². The third kappa shape index (κ3) is 3.02. The van der Waals surface area contributed by atoms with Gasteiger partial charge in [-0.05, 0) is 6.07 Å². The standard InChI is InChI=1S/C11H9F3N4S/c12-11(13,14)7-4-2-1-3-6(7)8-5-17-10(19-8)18-9(15)16/h1-5H,(H4,15,16,17,18). The van der Waals surface area contributed by atoms with Crippen molar-refractivity contribution >= 4 is 22.4 Å². The van der Waals surface area contributed by atoms with E-state index in [9.17, 15) is 13.2 Å². The van der Waals surface area contributed by atoms with Gasteiger partial charge >= 0.3 is 6.18 Å². The molecule has 0 saturated carbocycles. The molecule has 2 aromatic rings. The molecule has 0 aliphatic heterocycles. The van der Waals surface area contributed by atoms with Crippen LogP contribution in [0.15, 0.2) is 35.5 Å². The molecule has 0 aliphatic carbocycles. The molecule has 0 fully saturated rings. The van der Waals surface area contributed by atoms with E-state index < -0.39 is 11.7 Å². The van der Waals surface area contributed by atoms with Gasteiger partial charge in [0, 0.05) is 11.8 Å². The second kappa shape index (κ2) is 4.88. The molecule has 1 heterocycles. The minimum Gasteiger partial charge on any atom is -0.370 e. The van der Waals surface area contributed by atoms with Gasteiger partial charge < -0.3 is 11.5 Å². The zero-order valence-electron chi connectivity index (χ0n) is 9.48. The number of benzene rings is 1. The summed E-state index contributed by atoms with van der Waals surface area (Å²) in [6.07, 6.45) is -3.10. The molecule has 4 nitrogen and oxygen atoms in total. The summed E-state index contributed by atoms with van der Waals surface area (Å²) in [6.45, 7) is 0. The van der Waals surface area contributed by atoms with Gasteiger partial charge in [0.25, 0.3) is 0 Å². The second-order valence-electron chi connectivity index (χ2n) is 3.59. The van der Waals surface area contributed by atoms with E-state index in [2.05, 4.69) is 9.98 Å². The predicted octanol–water partition coefficient (Wildman–Crippen LogP) is 2.73. The lowest BCUT2D eigenvalue weighted by molar-refractivity contribution is -0.137. The number of nitrogens with two attached hydrogens (primary N) is 2. The zero-order chi connectivity index (χ0) is 14.0. The van der Waals surface area contributed by atoms with E-state index in [4.69, 9.17) is 11.5 Å². The summed E-state index contributed by atoms with van der Waals surface area (Å²) in [5.74, 6) is -0.190. The molecule has 4 N–H and O–H groups in total. The summed E-state index contributed by atoms with van der Waals surface area (Å²) in [5.41, 5.74) is 9.72.